The summed E-state index contributed by atoms with van der Waals surface area (Å²) in [5.41, 5.74) is 8.60. The second-order valence-corrected chi connectivity index (χ2v) is 4.93. The first-order chi connectivity index (χ1) is 10.7. The van der Waals surface area contributed by atoms with E-state index in [1.165, 1.54) is 12.1 Å². The van der Waals surface area contributed by atoms with Gasteiger partial charge in [0.15, 0.2) is 0 Å². The van der Waals surface area contributed by atoms with E-state index in [-0.39, 0.29) is 5.82 Å². The van der Waals surface area contributed by atoms with Crippen molar-refractivity contribution in [2.45, 2.75) is 6.61 Å². The number of ether oxygens (including phenoxy) is 1. The van der Waals surface area contributed by atoms with Gasteiger partial charge in [-0.2, -0.15) is 0 Å². The normalized spacial score (nSPS) is 10.4. The van der Waals surface area contributed by atoms with Crippen LogP contribution < -0.4 is 10.5 Å². The van der Waals surface area contributed by atoms with Gasteiger partial charge in [-0.05, 0) is 35.4 Å². The van der Waals surface area contributed by atoms with Crippen molar-refractivity contribution in [1.82, 2.24) is 4.98 Å². The van der Waals surface area contributed by atoms with Crippen molar-refractivity contribution >= 4 is 5.69 Å². The molecule has 1 aromatic heterocycles. The third-order valence-electron chi connectivity index (χ3n) is 3.22. The Kier molecular flexibility index (Phi) is 4.01. The van der Waals surface area contributed by atoms with Crippen LogP contribution >= 0.6 is 0 Å². The van der Waals surface area contributed by atoms with Gasteiger partial charge in [-0.15, -0.1) is 0 Å². The average molecular weight is 294 g/mol. The average Bonchev–Trinajstić information content (AvgIpc) is 2.53. The van der Waals surface area contributed by atoms with Gasteiger partial charge in [0.2, 0.25) is 5.88 Å². The summed E-state index contributed by atoms with van der Waals surface area (Å²) < 4.78 is 19.0. The highest BCUT2D eigenvalue weighted by molar-refractivity contribution is 5.66. The first kappa shape index (κ1) is 14.1. The number of rotatable bonds is 4. The number of halogens is 1. The molecule has 0 radical (unpaired) electrons. The third-order valence-corrected chi connectivity index (χ3v) is 3.22. The summed E-state index contributed by atoms with van der Waals surface area (Å²) in [7, 11) is 0. The maximum Gasteiger partial charge on any atom is 0.213 e. The van der Waals surface area contributed by atoms with Crippen LogP contribution in [0, 0.1) is 5.82 Å². The number of nitrogen functional groups attached to an aromatic ring is 1. The molecule has 4 heteroatoms. The molecule has 0 atom stereocenters. The molecule has 3 rings (SSSR count). The number of nitrogens with two attached hydrogens (primary N) is 1. The maximum absolute atomic E-state index is 13.4. The number of aromatic nitrogens is 1. The molecule has 1 heterocycles. The molecule has 2 N–H and O–H groups in total. The molecule has 0 aliphatic heterocycles. The molecule has 0 amide bonds. The van der Waals surface area contributed by atoms with E-state index in [0.717, 1.165) is 11.1 Å². The smallest absolute Gasteiger partial charge is 0.213 e. The van der Waals surface area contributed by atoms with Crippen molar-refractivity contribution in [2.24, 2.45) is 0 Å². The molecule has 0 spiro atoms. The summed E-state index contributed by atoms with van der Waals surface area (Å²) >= 11 is 0. The minimum absolute atomic E-state index is 0.362. The monoisotopic (exact) mass is 294 g/mol. The zero-order chi connectivity index (χ0) is 15.4. The molecule has 0 fully saturated rings. The van der Waals surface area contributed by atoms with E-state index < -0.39 is 0 Å². The molecule has 3 aromatic rings. The van der Waals surface area contributed by atoms with E-state index in [1.807, 2.05) is 36.4 Å². The minimum Gasteiger partial charge on any atom is -0.473 e. The van der Waals surface area contributed by atoms with E-state index in [0.29, 0.717) is 23.7 Å². The van der Waals surface area contributed by atoms with Crippen molar-refractivity contribution < 1.29 is 9.13 Å². The van der Waals surface area contributed by atoms with Gasteiger partial charge in [0.25, 0.3) is 0 Å². The largest absolute Gasteiger partial charge is 0.473 e. The van der Waals surface area contributed by atoms with Crippen LogP contribution in [0.5, 0.6) is 5.88 Å². The van der Waals surface area contributed by atoms with Crippen molar-refractivity contribution in [3.05, 3.63) is 78.2 Å². The molecule has 0 saturated heterocycles. The van der Waals surface area contributed by atoms with Gasteiger partial charge < -0.3 is 10.5 Å². The van der Waals surface area contributed by atoms with Crippen LogP contribution in [0.25, 0.3) is 11.1 Å². The van der Waals surface area contributed by atoms with Crippen molar-refractivity contribution in [3.8, 4) is 17.0 Å². The Balaban J connectivity index is 1.72. The van der Waals surface area contributed by atoms with E-state index in [2.05, 4.69) is 4.98 Å². The Bertz CT molecular complexity index is 738. The van der Waals surface area contributed by atoms with Crippen LogP contribution in [0.2, 0.25) is 0 Å². The molecule has 110 valence electrons. The van der Waals surface area contributed by atoms with E-state index in [1.54, 1.807) is 18.3 Å². The molecular formula is C18H15FN2O. The Morgan fingerprint density at radius 1 is 0.955 bits per heavy atom. The fourth-order valence-corrected chi connectivity index (χ4v) is 2.15. The van der Waals surface area contributed by atoms with Crippen LogP contribution in [0.3, 0.4) is 0 Å². The number of hydrogen-bond donors (Lipinski definition) is 1. The highest BCUT2D eigenvalue weighted by Gasteiger charge is 2.03. The van der Waals surface area contributed by atoms with Crippen LogP contribution in [0.1, 0.15) is 5.56 Å². The highest BCUT2D eigenvalue weighted by Crippen LogP contribution is 2.24. The number of anilines is 1. The van der Waals surface area contributed by atoms with Crippen LogP contribution in [0.15, 0.2) is 66.9 Å². The Labute approximate surface area is 128 Å². The summed E-state index contributed by atoms with van der Waals surface area (Å²) in [6, 6.07) is 17.9. The van der Waals surface area contributed by atoms with Crippen LogP contribution in [-0.4, -0.2) is 4.98 Å². The summed E-state index contributed by atoms with van der Waals surface area (Å²) in [6.45, 7) is 0.458. The SMILES string of the molecule is Nc1cc(F)cc(-c2ccc(OCc3ccccc3)nc2)c1. The van der Waals surface area contributed by atoms with Crippen molar-refractivity contribution in [2.75, 3.05) is 5.73 Å². The fraction of sp³-hybridized carbons (Fsp3) is 0.0556. The summed E-state index contributed by atoms with van der Waals surface area (Å²) in [6.07, 6.45) is 1.65. The summed E-state index contributed by atoms with van der Waals surface area (Å²) in [5.74, 6) is 0.163. The van der Waals surface area contributed by atoms with Crippen LogP contribution in [0.4, 0.5) is 10.1 Å². The lowest BCUT2D eigenvalue weighted by molar-refractivity contribution is 0.294. The van der Waals surface area contributed by atoms with Gasteiger partial charge in [-0.3, -0.25) is 0 Å². The summed E-state index contributed by atoms with van der Waals surface area (Å²) in [4.78, 5) is 4.24. The van der Waals surface area contributed by atoms with Crippen molar-refractivity contribution in [3.63, 3.8) is 0 Å². The number of pyridine rings is 1. The first-order valence-electron chi connectivity index (χ1n) is 6.90. The Hall–Kier alpha value is -2.88. The first-order valence-corrected chi connectivity index (χ1v) is 6.90. The standard InChI is InChI=1S/C18H15FN2O/c19-16-8-15(9-17(20)10-16)14-6-7-18(21-11-14)22-12-13-4-2-1-3-5-13/h1-11H,12,20H2. The van der Waals surface area contributed by atoms with E-state index in [4.69, 9.17) is 10.5 Å². The molecule has 0 aliphatic carbocycles. The maximum atomic E-state index is 13.4. The molecule has 0 unspecified atom stereocenters. The molecule has 3 nitrogen and oxygen atoms in total. The topological polar surface area (TPSA) is 48.1 Å². The van der Waals surface area contributed by atoms with Crippen LogP contribution in [-0.2, 0) is 6.61 Å². The summed E-state index contributed by atoms with van der Waals surface area (Å²) in [5, 5.41) is 0. The zero-order valence-corrected chi connectivity index (χ0v) is 11.9. The van der Waals surface area contributed by atoms with Gasteiger partial charge in [0, 0.05) is 23.5 Å². The minimum atomic E-state index is -0.362. The molecular weight excluding hydrogens is 279 g/mol. The Morgan fingerprint density at radius 2 is 1.77 bits per heavy atom. The second kappa shape index (κ2) is 6.26. The molecule has 22 heavy (non-hydrogen) atoms. The highest BCUT2D eigenvalue weighted by atomic mass is 19.1. The molecule has 0 aliphatic rings. The zero-order valence-electron chi connectivity index (χ0n) is 11.9. The van der Waals surface area contributed by atoms with E-state index >= 15 is 0 Å². The lowest BCUT2D eigenvalue weighted by Crippen LogP contribution is -1.97. The predicted molar refractivity (Wildman–Crippen MR) is 84.8 cm³/mol. The van der Waals surface area contributed by atoms with Crippen molar-refractivity contribution in [1.29, 1.82) is 0 Å². The molecule has 2 aromatic carbocycles. The number of nitrogens with zero attached hydrogens (tertiary/aromatic N) is 1. The van der Waals surface area contributed by atoms with Gasteiger partial charge in [-0.1, -0.05) is 30.3 Å². The van der Waals surface area contributed by atoms with Gasteiger partial charge in [0.1, 0.15) is 12.4 Å². The van der Waals surface area contributed by atoms with E-state index in [9.17, 15) is 4.39 Å². The lowest BCUT2D eigenvalue weighted by atomic mass is 10.1. The fourth-order valence-electron chi connectivity index (χ4n) is 2.15. The predicted octanol–water partition coefficient (Wildman–Crippen LogP) is 4.05. The molecule has 0 bridgehead atoms. The number of hydrogen-bond acceptors (Lipinski definition) is 3. The third kappa shape index (κ3) is 3.41. The second-order valence-electron chi connectivity index (χ2n) is 4.93. The quantitative estimate of drug-likeness (QED) is 0.738. The van der Waals surface area contributed by atoms with Gasteiger partial charge >= 0.3 is 0 Å². The number of benzene rings is 2. The van der Waals surface area contributed by atoms with Gasteiger partial charge in [0.05, 0.1) is 0 Å². The lowest BCUT2D eigenvalue weighted by Gasteiger charge is -2.07. The molecule has 0 saturated carbocycles. The van der Waals surface area contributed by atoms with Gasteiger partial charge in [-0.25, -0.2) is 9.37 Å². The Morgan fingerprint density at radius 3 is 2.45 bits per heavy atom.